The summed E-state index contributed by atoms with van der Waals surface area (Å²) in [5, 5.41) is 20.0. The van der Waals surface area contributed by atoms with Gasteiger partial charge in [-0.2, -0.15) is 0 Å². The van der Waals surface area contributed by atoms with Crippen LogP contribution >= 0.6 is 0 Å². The van der Waals surface area contributed by atoms with Gasteiger partial charge in [0.15, 0.2) is 0 Å². The van der Waals surface area contributed by atoms with Crippen molar-refractivity contribution in [1.82, 2.24) is 15.3 Å². The standard InChI is InChI=1S/C22H29N7O/c1-14(2)26-9-6-18(24)17-12-20(29-10-11-30-13-15(29)3)28-21-16(17)5-8-27-22(21)19(25)4-7-23/h4-9,12,14-15,23-24,26H,10-11,13,25H2,1-3H3/b9-6-,19-4-,23-7?,24-18?/t15-/m1/s1. The number of anilines is 1. The number of allylic oxidation sites excluding steroid dienone is 2. The number of pyridine rings is 2. The van der Waals surface area contributed by atoms with Gasteiger partial charge in [0.1, 0.15) is 17.0 Å². The molecule has 3 rings (SSSR count). The molecule has 2 aromatic heterocycles. The molecule has 30 heavy (non-hydrogen) atoms. The average Bonchev–Trinajstić information content (AvgIpc) is 2.72. The van der Waals surface area contributed by atoms with Gasteiger partial charge in [-0.3, -0.25) is 4.98 Å². The monoisotopic (exact) mass is 407 g/mol. The highest BCUT2D eigenvalue weighted by Gasteiger charge is 2.23. The Labute approximate surface area is 176 Å². The quantitative estimate of drug-likeness (QED) is 0.523. The third-order valence-corrected chi connectivity index (χ3v) is 4.88. The lowest BCUT2D eigenvalue weighted by Crippen LogP contribution is -2.44. The van der Waals surface area contributed by atoms with Crippen LogP contribution in [0.15, 0.2) is 36.7 Å². The summed E-state index contributed by atoms with van der Waals surface area (Å²) in [6.07, 6.45) is 7.83. The van der Waals surface area contributed by atoms with Gasteiger partial charge in [0.2, 0.25) is 0 Å². The highest BCUT2D eigenvalue weighted by atomic mass is 16.5. The van der Waals surface area contributed by atoms with E-state index in [0.717, 1.165) is 29.5 Å². The molecule has 0 amide bonds. The van der Waals surface area contributed by atoms with Gasteiger partial charge in [-0.1, -0.05) is 0 Å². The van der Waals surface area contributed by atoms with Crippen LogP contribution < -0.4 is 16.0 Å². The molecule has 1 saturated heterocycles. The van der Waals surface area contributed by atoms with E-state index in [1.807, 2.05) is 26.0 Å². The van der Waals surface area contributed by atoms with E-state index < -0.39 is 0 Å². The van der Waals surface area contributed by atoms with Crippen LogP contribution in [0, 0.1) is 10.8 Å². The second-order valence-electron chi connectivity index (χ2n) is 7.56. The molecule has 8 heteroatoms. The van der Waals surface area contributed by atoms with Crippen molar-refractivity contribution in [2.45, 2.75) is 32.9 Å². The van der Waals surface area contributed by atoms with Crippen molar-refractivity contribution in [2.75, 3.05) is 24.7 Å². The topological polar surface area (TPSA) is 124 Å². The van der Waals surface area contributed by atoms with Crippen molar-refractivity contribution in [1.29, 1.82) is 10.8 Å². The molecule has 158 valence electrons. The van der Waals surface area contributed by atoms with E-state index in [1.54, 1.807) is 18.5 Å². The minimum atomic E-state index is 0.165. The van der Waals surface area contributed by atoms with Crippen molar-refractivity contribution in [2.24, 2.45) is 5.73 Å². The normalized spacial score (nSPS) is 17.7. The number of nitrogens with two attached hydrogens (primary N) is 1. The Hall–Kier alpha value is -3.26. The van der Waals surface area contributed by atoms with Crippen LogP contribution in [-0.2, 0) is 4.74 Å². The number of aromatic nitrogens is 2. The maximum atomic E-state index is 8.68. The van der Waals surface area contributed by atoms with Crippen LogP contribution in [0.4, 0.5) is 5.82 Å². The van der Waals surface area contributed by atoms with Gasteiger partial charge in [-0.25, -0.2) is 4.98 Å². The van der Waals surface area contributed by atoms with E-state index in [-0.39, 0.29) is 12.1 Å². The van der Waals surface area contributed by atoms with Crippen molar-refractivity contribution < 1.29 is 4.74 Å². The van der Waals surface area contributed by atoms with Crippen LogP contribution in [0.1, 0.15) is 32.0 Å². The second kappa shape index (κ2) is 9.49. The summed E-state index contributed by atoms with van der Waals surface area (Å²) < 4.78 is 5.57. The van der Waals surface area contributed by atoms with Gasteiger partial charge < -0.3 is 31.5 Å². The molecule has 0 saturated carbocycles. The Morgan fingerprint density at radius 1 is 1.43 bits per heavy atom. The highest BCUT2D eigenvalue weighted by molar-refractivity contribution is 6.15. The fourth-order valence-electron chi connectivity index (χ4n) is 3.37. The predicted octanol–water partition coefficient (Wildman–Crippen LogP) is 2.68. The lowest BCUT2D eigenvalue weighted by molar-refractivity contribution is 0.0986. The van der Waals surface area contributed by atoms with Crippen LogP contribution in [0.5, 0.6) is 0 Å². The number of ether oxygens (including phenoxy) is 1. The molecule has 0 spiro atoms. The first-order chi connectivity index (χ1) is 14.4. The summed E-state index contributed by atoms with van der Waals surface area (Å²) in [5.74, 6) is 0.764. The van der Waals surface area contributed by atoms with E-state index in [9.17, 15) is 0 Å². The Morgan fingerprint density at radius 2 is 2.23 bits per heavy atom. The van der Waals surface area contributed by atoms with Crippen molar-refractivity contribution >= 4 is 34.3 Å². The lowest BCUT2D eigenvalue weighted by Gasteiger charge is -2.34. The largest absolute Gasteiger partial charge is 0.397 e. The minimum absolute atomic E-state index is 0.165. The third-order valence-electron chi connectivity index (χ3n) is 4.88. The summed E-state index contributed by atoms with van der Waals surface area (Å²) in [7, 11) is 0. The van der Waals surface area contributed by atoms with Gasteiger partial charge in [0, 0.05) is 35.9 Å². The molecule has 2 aromatic rings. The number of morpholine rings is 1. The van der Waals surface area contributed by atoms with Crippen LogP contribution in [-0.4, -0.2) is 53.7 Å². The molecule has 0 aromatic carbocycles. The van der Waals surface area contributed by atoms with Gasteiger partial charge in [0.25, 0.3) is 0 Å². The number of rotatable bonds is 7. The Kier molecular flexibility index (Phi) is 6.79. The van der Waals surface area contributed by atoms with E-state index in [0.29, 0.717) is 35.8 Å². The summed E-state index contributed by atoms with van der Waals surface area (Å²) in [6, 6.07) is 4.25. The first-order valence-corrected chi connectivity index (χ1v) is 10.0. The molecule has 1 atom stereocenters. The molecular weight excluding hydrogens is 378 g/mol. The van der Waals surface area contributed by atoms with Crippen molar-refractivity contribution in [3.63, 3.8) is 0 Å². The summed E-state index contributed by atoms with van der Waals surface area (Å²) in [6.45, 7) is 8.16. The molecule has 1 aliphatic rings. The second-order valence-corrected chi connectivity index (χ2v) is 7.56. The maximum Gasteiger partial charge on any atom is 0.130 e. The molecule has 0 radical (unpaired) electrons. The molecule has 0 aliphatic carbocycles. The Balaban J connectivity index is 2.18. The number of nitrogens with one attached hydrogen (secondary N) is 3. The van der Waals surface area contributed by atoms with Gasteiger partial charge in [0.05, 0.1) is 30.7 Å². The molecule has 3 heterocycles. The van der Waals surface area contributed by atoms with Gasteiger partial charge >= 0.3 is 0 Å². The smallest absolute Gasteiger partial charge is 0.130 e. The molecule has 8 nitrogen and oxygen atoms in total. The SMILES string of the molecule is CC(C)N/C=C\C(=N)c1cc(N2CCOC[C@H]2C)nc2c(/C(N)=C/C=N)nccc12. The van der Waals surface area contributed by atoms with E-state index in [1.165, 1.54) is 6.08 Å². The third kappa shape index (κ3) is 4.65. The molecular formula is C22H29N7O. The van der Waals surface area contributed by atoms with Crippen molar-refractivity contribution in [3.8, 4) is 0 Å². The lowest BCUT2D eigenvalue weighted by atomic mass is 10.0. The number of hydrogen-bond donors (Lipinski definition) is 4. The Morgan fingerprint density at radius 3 is 2.93 bits per heavy atom. The molecule has 1 aliphatic heterocycles. The zero-order valence-corrected chi connectivity index (χ0v) is 17.6. The summed E-state index contributed by atoms with van der Waals surface area (Å²) >= 11 is 0. The fraction of sp³-hybridized carbons (Fsp3) is 0.364. The maximum absolute atomic E-state index is 8.68. The number of fused-ring (bicyclic) bond motifs is 1. The van der Waals surface area contributed by atoms with Crippen LogP contribution in [0.2, 0.25) is 0 Å². The van der Waals surface area contributed by atoms with E-state index >= 15 is 0 Å². The zero-order chi connectivity index (χ0) is 21.7. The highest BCUT2D eigenvalue weighted by Crippen LogP contribution is 2.28. The first-order valence-electron chi connectivity index (χ1n) is 10.0. The number of hydrogen-bond acceptors (Lipinski definition) is 8. The Bertz CT molecular complexity index is 996. The summed E-state index contributed by atoms with van der Waals surface area (Å²) in [4.78, 5) is 11.5. The number of nitrogens with zero attached hydrogens (tertiary/aromatic N) is 3. The zero-order valence-electron chi connectivity index (χ0n) is 17.6. The van der Waals surface area contributed by atoms with Crippen molar-refractivity contribution in [3.05, 3.63) is 47.9 Å². The molecule has 5 N–H and O–H groups in total. The van der Waals surface area contributed by atoms with Crippen LogP contribution in [0.3, 0.4) is 0 Å². The van der Waals surface area contributed by atoms with Gasteiger partial charge in [-0.05, 0) is 51.3 Å². The molecule has 0 unspecified atom stereocenters. The predicted molar refractivity (Wildman–Crippen MR) is 122 cm³/mol. The minimum Gasteiger partial charge on any atom is -0.397 e. The van der Waals surface area contributed by atoms with E-state index in [2.05, 4.69) is 22.1 Å². The van der Waals surface area contributed by atoms with Crippen LogP contribution in [0.25, 0.3) is 16.6 Å². The van der Waals surface area contributed by atoms with E-state index in [4.69, 9.17) is 26.3 Å². The summed E-state index contributed by atoms with van der Waals surface area (Å²) in [5.41, 5.74) is 8.78. The molecule has 1 fully saturated rings. The fourth-order valence-corrected chi connectivity index (χ4v) is 3.37. The first kappa shape index (κ1) is 21.4. The van der Waals surface area contributed by atoms with Gasteiger partial charge in [-0.15, -0.1) is 0 Å². The molecule has 0 bridgehead atoms. The average molecular weight is 408 g/mol.